The van der Waals surface area contributed by atoms with Crippen molar-refractivity contribution in [1.82, 2.24) is 10.3 Å². The van der Waals surface area contributed by atoms with Crippen LogP contribution in [0.5, 0.6) is 11.6 Å². The summed E-state index contributed by atoms with van der Waals surface area (Å²) in [5.41, 5.74) is 6.68. The zero-order valence-corrected chi connectivity index (χ0v) is 10.6. The van der Waals surface area contributed by atoms with E-state index in [1.54, 1.807) is 6.07 Å². The molecule has 0 aliphatic carbocycles. The quantitative estimate of drug-likeness (QED) is 0.854. The van der Waals surface area contributed by atoms with Crippen molar-refractivity contribution < 1.29 is 9.53 Å². The maximum atomic E-state index is 11.1. The van der Waals surface area contributed by atoms with E-state index in [0.717, 1.165) is 12.1 Å². The molecule has 1 aromatic heterocycles. The Morgan fingerprint density at radius 1 is 1.37 bits per heavy atom. The fourth-order valence-electron chi connectivity index (χ4n) is 1.66. The van der Waals surface area contributed by atoms with E-state index in [9.17, 15) is 4.79 Å². The van der Waals surface area contributed by atoms with Gasteiger partial charge in [-0.1, -0.05) is 12.1 Å². The molecule has 0 aliphatic heterocycles. The Hall–Kier alpha value is -2.40. The van der Waals surface area contributed by atoms with E-state index < -0.39 is 5.91 Å². The number of nitrogens with zero attached hydrogens (tertiary/aromatic N) is 1. The molecule has 0 fully saturated rings. The van der Waals surface area contributed by atoms with Crippen molar-refractivity contribution in [3.63, 3.8) is 0 Å². The first-order chi connectivity index (χ1) is 9.19. The van der Waals surface area contributed by atoms with Gasteiger partial charge in [-0.15, -0.1) is 0 Å². The minimum absolute atomic E-state index is 0.345. The van der Waals surface area contributed by atoms with Gasteiger partial charge in [0.25, 0.3) is 0 Å². The van der Waals surface area contributed by atoms with Gasteiger partial charge in [-0.25, -0.2) is 4.98 Å². The number of ether oxygens (including phenoxy) is 1. The van der Waals surface area contributed by atoms with Gasteiger partial charge in [0.05, 0.1) is 0 Å². The zero-order chi connectivity index (χ0) is 13.7. The van der Waals surface area contributed by atoms with Crippen molar-refractivity contribution in [3.8, 4) is 11.6 Å². The second-order valence-electron chi connectivity index (χ2n) is 4.03. The smallest absolute Gasteiger partial charge is 0.248 e. The summed E-state index contributed by atoms with van der Waals surface area (Å²) in [6, 6.07) is 10.7. The van der Waals surface area contributed by atoms with Crippen LogP contribution in [0, 0.1) is 0 Å². The van der Waals surface area contributed by atoms with Gasteiger partial charge in [0.1, 0.15) is 5.75 Å². The lowest BCUT2D eigenvalue weighted by Crippen LogP contribution is -2.10. The second kappa shape index (κ2) is 5.97. The number of aromatic nitrogens is 1. The lowest BCUT2D eigenvalue weighted by molar-refractivity contribution is 0.1000. The highest BCUT2D eigenvalue weighted by atomic mass is 16.5. The topological polar surface area (TPSA) is 77.2 Å². The van der Waals surface area contributed by atoms with Crippen LogP contribution in [-0.2, 0) is 6.54 Å². The predicted molar refractivity (Wildman–Crippen MR) is 72.0 cm³/mol. The van der Waals surface area contributed by atoms with Crippen LogP contribution in [0.1, 0.15) is 15.9 Å². The number of benzene rings is 1. The first-order valence-corrected chi connectivity index (χ1v) is 5.86. The average molecular weight is 257 g/mol. The summed E-state index contributed by atoms with van der Waals surface area (Å²) >= 11 is 0. The second-order valence-corrected chi connectivity index (χ2v) is 4.03. The molecule has 0 spiro atoms. The van der Waals surface area contributed by atoms with Gasteiger partial charge in [-0.05, 0) is 30.8 Å². The van der Waals surface area contributed by atoms with Crippen molar-refractivity contribution in [2.45, 2.75) is 6.54 Å². The van der Waals surface area contributed by atoms with Crippen LogP contribution in [0.3, 0.4) is 0 Å². The number of nitrogens with two attached hydrogens (primary N) is 1. The number of pyridine rings is 1. The van der Waals surface area contributed by atoms with Crippen LogP contribution in [-0.4, -0.2) is 17.9 Å². The zero-order valence-electron chi connectivity index (χ0n) is 10.6. The van der Waals surface area contributed by atoms with Crippen LogP contribution < -0.4 is 15.8 Å². The van der Waals surface area contributed by atoms with E-state index in [0.29, 0.717) is 17.2 Å². The molecule has 2 aromatic rings. The summed E-state index contributed by atoms with van der Waals surface area (Å²) in [4.78, 5) is 15.1. The predicted octanol–water partition coefficient (Wildman–Crippen LogP) is 1.69. The van der Waals surface area contributed by atoms with Gasteiger partial charge in [-0.3, -0.25) is 4.79 Å². The number of primary amides is 1. The maximum Gasteiger partial charge on any atom is 0.248 e. The minimum Gasteiger partial charge on any atom is -0.439 e. The van der Waals surface area contributed by atoms with Crippen molar-refractivity contribution in [2.75, 3.05) is 7.05 Å². The molecule has 0 saturated heterocycles. The van der Waals surface area contributed by atoms with Crippen LogP contribution in [0.4, 0.5) is 0 Å². The van der Waals surface area contributed by atoms with E-state index in [1.807, 2.05) is 31.3 Å². The van der Waals surface area contributed by atoms with Crippen molar-refractivity contribution >= 4 is 5.91 Å². The molecule has 5 nitrogen and oxygen atoms in total. The number of hydrogen-bond donors (Lipinski definition) is 2. The van der Waals surface area contributed by atoms with Gasteiger partial charge in [-0.2, -0.15) is 0 Å². The van der Waals surface area contributed by atoms with Gasteiger partial charge in [0.15, 0.2) is 0 Å². The molecule has 0 aliphatic rings. The largest absolute Gasteiger partial charge is 0.439 e. The number of amides is 1. The van der Waals surface area contributed by atoms with Gasteiger partial charge >= 0.3 is 0 Å². The van der Waals surface area contributed by atoms with Crippen molar-refractivity contribution in [3.05, 3.63) is 53.7 Å². The first kappa shape index (κ1) is 13.0. The van der Waals surface area contributed by atoms with Crippen LogP contribution in [0.25, 0.3) is 0 Å². The van der Waals surface area contributed by atoms with E-state index in [4.69, 9.17) is 10.5 Å². The molecule has 1 aromatic carbocycles. The molecule has 0 unspecified atom stereocenters. The third-order valence-electron chi connectivity index (χ3n) is 2.52. The molecule has 19 heavy (non-hydrogen) atoms. The number of rotatable bonds is 5. The molecular formula is C14H15N3O2. The molecule has 2 rings (SSSR count). The standard InChI is InChI=1S/C14H15N3O2/c1-16-9-10-3-2-4-12(7-10)19-13-8-11(14(15)18)5-6-17-13/h2-8,16H,9H2,1H3,(H2,15,18). The highest BCUT2D eigenvalue weighted by molar-refractivity contribution is 5.92. The Kier molecular flexibility index (Phi) is 4.10. The molecule has 3 N–H and O–H groups in total. The molecule has 1 amide bonds. The summed E-state index contributed by atoms with van der Waals surface area (Å²) in [5, 5.41) is 3.07. The third kappa shape index (κ3) is 3.53. The van der Waals surface area contributed by atoms with Crippen LogP contribution in [0.15, 0.2) is 42.6 Å². The van der Waals surface area contributed by atoms with Crippen LogP contribution in [0.2, 0.25) is 0 Å². The van der Waals surface area contributed by atoms with Crippen LogP contribution >= 0.6 is 0 Å². The third-order valence-corrected chi connectivity index (χ3v) is 2.52. The molecular weight excluding hydrogens is 242 g/mol. The average Bonchev–Trinajstić information content (AvgIpc) is 2.40. The minimum atomic E-state index is -0.504. The SMILES string of the molecule is CNCc1cccc(Oc2cc(C(N)=O)ccn2)c1. The van der Waals surface area contributed by atoms with Crippen molar-refractivity contribution in [2.24, 2.45) is 5.73 Å². The van der Waals surface area contributed by atoms with Crippen molar-refractivity contribution in [1.29, 1.82) is 0 Å². The first-order valence-electron chi connectivity index (χ1n) is 5.86. The summed E-state index contributed by atoms with van der Waals surface area (Å²) in [6.45, 7) is 0.756. The number of nitrogens with one attached hydrogen (secondary N) is 1. The molecule has 5 heteroatoms. The molecule has 0 saturated carbocycles. The number of hydrogen-bond acceptors (Lipinski definition) is 4. The lowest BCUT2D eigenvalue weighted by Gasteiger charge is -2.07. The van der Waals surface area contributed by atoms with Gasteiger partial charge in [0.2, 0.25) is 11.8 Å². The lowest BCUT2D eigenvalue weighted by atomic mass is 10.2. The van der Waals surface area contributed by atoms with Gasteiger partial charge in [0, 0.05) is 24.4 Å². The van der Waals surface area contributed by atoms with E-state index in [1.165, 1.54) is 12.3 Å². The summed E-state index contributed by atoms with van der Waals surface area (Å²) in [6.07, 6.45) is 1.49. The Balaban J connectivity index is 2.18. The summed E-state index contributed by atoms with van der Waals surface area (Å²) < 4.78 is 5.61. The fourth-order valence-corrected chi connectivity index (χ4v) is 1.66. The molecule has 98 valence electrons. The molecule has 0 bridgehead atoms. The number of carbonyl (C=O) groups is 1. The normalized spacial score (nSPS) is 10.2. The molecule has 0 atom stereocenters. The van der Waals surface area contributed by atoms with E-state index in [-0.39, 0.29) is 0 Å². The fraction of sp³-hybridized carbons (Fsp3) is 0.143. The number of carbonyl (C=O) groups excluding carboxylic acids is 1. The highest BCUT2D eigenvalue weighted by Crippen LogP contribution is 2.21. The van der Waals surface area contributed by atoms with E-state index in [2.05, 4.69) is 10.3 Å². The molecule has 1 heterocycles. The Labute approximate surface area is 111 Å². The molecule has 0 radical (unpaired) electrons. The van der Waals surface area contributed by atoms with Gasteiger partial charge < -0.3 is 15.8 Å². The Morgan fingerprint density at radius 3 is 2.95 bits per heavy atom. The Bertz CT molecular complexity index is 584. The highest BCUT2D eigenvalue weighted by Gasteiger charge is 2.04. The maximum absolute atomic E-state index is 11.1. The monoisotopic (exact) mass is 257 g/mol. The van der Waals surface area contributed by atoms with E-state index >= 15 is 0 Å². The summed E-state index contributed by atoms with van der Waals surface area (Å²) in [7, 11) is 1.88. The Morgan fingerprint density at radius 2 is 2.21 bits per heavy atom. The summed E-state index contributed by atoms with van der Waals surface area (Å²) in [5.74, 6) is 0.510.